The Morgan fingerprint density at radius 3 is 1.53 bits per heavy atom. The number of anilines is 3. The van der Waals surface area contributed by atoms with Gasteiger partial charge in [-0.3, -0.25) is 0 Å². The first-order valence-corrected chi connectivity index (χ1v) is 19.3. The minimum absolute atomic E-state index is 0.0590. The van der Waals surface area contributed by atoms with Crippen LogP contribution in [0.1, 0.15) is 88.8 Å². The first-order valence-electron chi connectivity index (χ1n) is 19.3. The number of nitrogens with zero attached hydrogens (tertiary/aromatic N) is 1. The molecule has 0 spiro atoms. The molecule has 0 aromatic heterocycles. The van der Waals surface area contributed by atoms with Gasteiger partial charge in [0.2, 0.25) is 0 Å². The lowest BCUT2D eigenvalue weighted by Crippen LogP contribution is -2.43. The fraction of sp³-hybridized carbons (Fsp3) is 0.231. The second-order valence-corrected chi connectivity index (χ2v) is 17.8. The molecule has 0 unspecified atom stereocenters. The number of benzene rings is 7. The van der Waals surface area contributed by atoms with Crippen molar-refractivity contribution < 1.29 is 0 Å². The van der Waals surface area contributed by atoms with Gasteiger partial charge in [0.25, 0.3) is 0 Å². The molecule has 260 valence electrons. The maximum absolute atomic E-state index is 2.59. The molecule has 10 rings (SSSR count). The smallest absolute Gasteiger partial charge is 0.0549 e. The molecule has 3 aliphatic carbocycles. The van der Waals surface area contributed by atoms with E-state index in [9.17, 15) is 0 Å². The van der Waals surface area contributed by atoms with Crippen molar-refractivity contribution in [1.29, 1.82) is 0 Å². The third kappa shape index (κ3) is 4.14. The summed E-state index contributed by atoms with van der Waals surface area (Å²) in [5, 5.41) is 2.61. The maximum atomic E-state index is 2.59. The van der Waals surface area contributed by atoms with Crippen LogP contribution in [0, 0.1) is 0 Å². The number of hydrogen-bond donors (Lipinski definition) is 0. The van der Waals surface area contributed by atoms with Gasteiger partial charge in [-0.2, -0.15) is 0 Å². The van der Waals surface area contributed by atoms with Crippen LogP contribution in [-0.4, -0.2) is 0 Å². The van der Waals surface area contributed by atoms with Crippen LogP contribution in [0.3, 0.4) is 0 Å². The van der Waals surface area contributed by atoms with Crippen molar-refractivity contribution >= 4 is 27.8 Å². The first kappa shape index (κ1) is 32.3. The number of fused-ring (bicyclic) bond motifs is 11. The second-order valence-electron chi connectivity index (χ2n) is 17.8. The van der Waals surface area contributed by atoms with E-state index < -0.39 is 0 Å². The summed E-state index contributed by atoms with van der Waals surface area (Å²) in [4.78, 5) is 2.59. The predicted molar refractivity (Wildman–Crippen MR) is 225 cm³/mol. The zero-order valence-corrected chi connectivity index (χ0v) is 32.2. The first-order chi connectivity index (χ1) is 25.3. The van der Waals surface area contributed by atoms with E-state index in [1.165, 1.54) is 94.6 Å². The highest BCUT2D eigenvalue weighted by atomic mass is 15.1. The Morgan fingerprint density at radius 1 is 0.377 bits per heavy atom. The average molecular weight is 686 g/mol. The Hall–Kier alpha value is -5.40. The standard InChI is InChI=1S/C52H47N/c1-49(2)41-22-14-11-19-36(41)38-27-25-33(30-44(38)49)53(34-26-28-39-37-20-12-16-24-43(37)51(5,6)52(7,8)45(39)31-34)46-29-32-17-9-10-18-35(32)48-47(46)40-21-13-15-23-42(40)50(48,3)4/h9-31H,1-8H3. The van der Waals surface area contributed by atoms with Gasteiger partial charge in [0.15, 0.2) is 0 Å². The molecule has 0 amide bonds. The Bertz CT molecular complexity index is 2680. The number of rotatable bonds is 3. The maximum Gasteiger partial charge on any atom is 0.0549 e. The molecule has 1 heteroatoms. The summed E-state index contributed by atoms with van der Waals surface area (Å²) in [5.74, 6) is 0. The van der Waals surface area contributed by atoms with Crippen molar-refractivity contribution in [2.75, 3.05) is 4.90 Å². The molecule has 0 heterocycles. The fourth-order valence-electron chi connectivity index (χ4n) is 10.4. The van der Waals surface area contributed by atoms with E-state index >= 15 is 0 Å². The van der Waals surface area contributed by atoms with Crippen LogP contribution in [0.4, 0.5) is 17.1 Å². The van der Waals surface area contributed by atoms with E-state index in [2.05, 4.69) is 200 Å². The van der Waals surface area contributed by atoms with Gasteiger partial charge in [-0.25, -0.2) is 0 Å². The summed E-state index contributed by atoms with van der Waals surface area (Å²) >= 11 is 0. The second kappa shape index (κ2) is 10.6. The van der Waals surface area contributed by atoms with E-state index in [4.69, 9.17) is 0 Å². The van der Waals surface area contributed by atoms with Crippen molar-refractivity contribution in [2.24, 2.45) is 0 Å². The Labute approximate surface area is 315 Å². The molecule has 0 fully saturated rings. The highest BCUT2D eigenvalue weighted by molar-refractivity contribution is 6.06. The fourth-order valence-corrected chi connectivity index (χ4v) is 10.4. The zero-order valence-electron chi connectivity index (χ0n) is 32.2. The van der Waals surface area contributed by atoms with E-state index in [1.807, 2.05) is 0 Å². The van der Waals surface area contributed by atoms with Gasteiger partial charge in [0, 0.05) is 27.8 Å². The highest BCUT2D eigenvalue weighted by Gasteiger charge is 2.46. The minimum atomic E-state index is -0.152. The van der Waals surface area contributed by atoms with Gasteiger partial charge in [0.1, 0.15) is 0 Å². The summed E-state index contributed by atoms with van der Waals surface area (Å²) in [6.45, 7) is 19.3. The summed E-state index contributed by atoms with van der Waals surface area (Å²) in [5.41, 5.74) is 19.7. The lowest BCUT2D eigenvalue weighted by atomic mass is 9.55. The molecule has 7 aromatic carbocycles. The lowest BCUT2D eigenvalue weighted by molar-refractivity contribution is 0.299. The molecule has 0 atom stereocenters. The van der Waals surface area contributed by atoms with Crippen molar-refractivity contribution in [3.63, 3.8) is 0 Å². The van der Waals surface area contributed by atoms with Crippen LogP contribution in [0.2, 0.25) is 0 Å². The van der Waals surface area contributed by atoms with Gasteiger partial charge in [0.05, 0.1) is 5.69 Å². The molecular weight excluding hydrogens is 639 g/mol. The van der Waals surface area contributed by atoms with Crippen LogP contribution < -0.4 is 4.90 Å². The van der Waals surface area contributed by atoms with Crippen LogP contribution in [-0.2, 0) is 21.7 Å². The zero-order chi connectivity index (χ0) is 36.7. The lowest BCUT2D eigenvalue weighted by Gasteiger charge is -2.48. The molecule has 0 saturated carbocycles. The van der Waals surface area contributed by atoms with Crippen molar-refractivity contribution in [2.45, 2.75) is 77.0 Å². The monoisotopic (exact) mass is 685 g/mol. The summed E-state index contributed by atoms with van der Waals surface area (Å²) in [7, 11) is 0. The van der Waals surface area contributed by atoms with E-state index in [-0.39, 0.29) is 21.7 Å². The van der Waals surface area contributed by atoms with Gasteiger partial charge in [-0.15, -0.1) is 0 Å². The van der Waals surface area contributed by atoms with Gasteiger partial charge < -0.3 is 4.90 Å². The normalized spacial score (nSPS) is 17.3. The van der Waals surface area contributed by atoms with Gasteiger partial charge >= 0.3 is 0 Å². The molecule has 0 bridgehead atoms. The topological polar surface area (TPSA) is 3.24 Å². The minimum Gasteiger partial charge on any atom is -0.310 e. The highest BCUT2D eigenvalue weighted by Crippen LogP contribution is 2.59. The summed E-state index contributed by atoms with van der Waals surface area (Å²) < 4.78 is 0. The number of hydrogen-bond acceptors (Lipinski definition) is 1. The predicted octanol–water partition coefficient (Wildman–Crippen LogP) is 14.2. The summed E-state index contributed by atoms with van der Waals surface area (Å²) in [6.07, 6.45) is 0. The summed E-state index contributed by atoms with van der Waals surface area (Å²) in [6, 6.07) is 53.1. The quantitative estimate of drug-likeness (QED) is 0.179. The molecule has 0 aliphatic heterocycles. The van der Waals surface area contributed by atoms with Crippen LogP contribution in [0.5, 0.6) is 0 Å². The Kier molecular flexibility index (Phi) is 6.45. The Morgan fingerprint density at radius 2 is 0.849 bits per heavy atom. The largest absolute Gasteiger partial charge is 0.310 e. The van der Waals surface area contributed by atoms with Gasteiger partial charge in [-0.05, 0) is 113 Å². The van der Waals surface area contributed by atoms with Crippen molar-refractivity contribution in [1.82, 2.24) is 0 Å². The van der Waals surface area contributed by atoms with Crippen molar-refractivity contribution in [3.8, 4) is 33.4 Å². The average Bonchev–Trinajstić information content (AvgIpc) is 3.54. The molecule has 0 N–H and O–H groups in total. The van der Waals surface area contributed by atoms with Crippen LogP contribution in [0.25, 0.3) is 44.2 Å². The van der Waals surface area contributed by atoms with Crippen LogP contribution >= 0.6 is 0 Å². The van der Waals surface area contributed by atoms with Crippen LogP contribution in [0.15, 0.2) is 140 Å². The molecule has 0 radical (unpaired) electrons. The van der Waals surface area contributed by atoms with E-state index in [0.29, 0.717) is 0 Å². The van der Waals surface area contributed by atoms with E-state index in [1.54, 1.807) is 0 Å². The molecular formula is C52H47N. The van der Waals surface area contributed by atoms with Gasteiger partial charge in [-0.1, -0.05) is 165 Å². The SMILES string of the molecule is CC1(C)c2ccccc2-c2ccc(N(c3ccc4c(c3)C(C)(C)C(C)(C)c3ccccc3-4)c3cc4ccccc4c4c3-c3ccccc3C4(C)C)cc21. The van der Waals surface area contributed by atoms with Crippen molar-refractivity contribution in [3.05, 3.63) is 173 Å². The third-order valence-corrected chi connectivity index (χ3v) is 14.0. The molecule has 0 saturated heterocycles. The molecule has 1 nitrogen and oxygen atoms in total. The third-order valence-electron chi connectivity index (χ3n) is 14.0. The van der Waals surface area contributed by atoms with E-state index in [0.717, 1.165) is 0 Å². The molecule has 53 heavy (non-hydrogen) atoms. The Balaban J connectivity index is 1.30. The molecule has 7 aromatic rings. The molecule has 3 aliphatic rings.